The van der Waals surface area contributed by atoms with Crippen molar-refractivity contribution in [3.05, 3.63) is 80.5 Å². The zero-order valence-corrected chi connectivity index (χ0v) is 20.9. The van der Waals surface area contributed by atoms with Crippen LogP contribution in [0, 0.1) is 6.92 Å². The Morgan fingerprint density at radius 1 is 1.14 bits per heavy atom. The maximum Gasteiger partial charge on any atom is 0.416 e. The van der Waals surface area contributed by atoms with Crippen LogP contribution in [0.5, 0.6) is 0 Å². The Balaban J connectivity index is 1.47. The van der Waals surface area contributed by atoms with Crippen LogP contribution in [0.1, 0.15) is 34.4 Å². The number of fused-ring (bicyclic) bond motifs is 3. The van der Waals surface area contributed by atoms with E-state index in [0.29, 0.717) is 21.1 Å². The summed E-state index contributed by atoms with van der Waals surface area (Å²) < 4.78 is 40.5. The predicted octanol–water partition coefficient (Wildman–Crippen LogP) is 6.38. The van der Waals surface area contributed by atoms with Crippen molar-refractivity contribution >= 4 is 44.9 Å². The third kappa shape index (κ3) is 4.92. The van der Waals surface area contributed by atoms with Gasteiger partial charge in [-0.15, -0.1) is 11.3 Å². The Hall–Kier alpha value is -3.11. The van der Waals surface area contributed by atoms with Gasteiger partial charge in [-0.3, -0.25) is 14.2 Å². The van der Waals surface area contributed by atoms with Crippen LogP contribution < -0.4 is 10.9 Å². The molecule has 0 radical (unpaired) electrons. The Kier molecular flexibility index (Phi) is 6.65. The number of carbonyl (C=O) groups excluding carboxylic acids is 1. The van der Waals surface area contributed by atoms with Gasteiger partial charge < -0.3 is 5.32 Å². The van der Waals surface area contributed by atoms with Gasteiger partial charge in [0.1, 0.15) is 4.83 Å². The molecule has 2 aromatic heterocycles. The molecule has 2 heterocycles. The number of nitrogens with one attached hydrogen (secondary N) is 1. The van der Waals surface area contributed by atoms with E-state index in [4.69, 9.17) is 4.98 Å². The third-order valence-electron chi connectivity index (χ3n) is 6.06. The molecule has 0 atom stereocenters. The number of aromatic nitrogens is 2. The van der Waals surface area contributed by atoms with Gasteiger partial charge >= 0.3 is 6.18 Å². The summed E-state index contributed by atoms with van der Waals surface area (Å²) in [5, 5.41) is 3.53. The Morgan fingerprint density at radius 3 is 2.64 bits per heavy atom. The minimum absolute atomic E-state index is 0.0562. The number of nitrogens with zero attached hydrogens (tertiary/aromatic N) is 2. The van der Waals surface area contributed by atoms with Crippen LogP contribution in [0.15, 0.2) is 58.5 Å². The summed E-state index contributed by atoms with van der Waals surface area (Å²) in [5.74, 6) is -0.611. The van der Waals surface area contributed by atoms with Gasteiger partial charge in [0.25, 0.3) is 5.56 Å². The third-order valence-corrected chi connectivity index (χ3v) is 8.18. The second-order valence-corrected chi connectivity index (χ2v) is 10.7. The standard InChI is InChI=1S/C26H22F3N3O2S2/c1-15-9-11-18(12-10-15)32-24(34)22-19-7-2-3-8-20(19)36-23(22)31-25(32)35-14-21(33)30-17-6-4-5-16(13-17)26(27,28)29/h4-6,9-13H,2-3,7-8,14H2,1H3,(H,30,33). The lowest BCUT2D eigenvalue weighted by atomic mass is 9.97. The first-order chi connectivity index (χ1) is 17.2. The predicted molar refractivity (Wildman–Crippen MR) is 137 cm³/mol. The van der Waals surface area contributed by atoms with Crippen LogP contribution in [0.3, 0.4) is 0 Å². The number of benzene rings is 2. The van der Waals surface area contributed by atoms with Crippen molar-refractivity contribution in [3.63, 3.8) is 0 Å². The molecule has 5 nitrogen and oxygen atoms in total. The maximum absolute atomic E-state index is 13.7. The number of anilines is 1. The number of halogens is 3. The zero-order chi connectivity index (χ0) is 25.4. The molecular formula is C26H22F3N3O2S2. The van der Waals surface area contributed by atoms with Gasteiger partial charge in [-0.1, -0.05) is 35.5 Å². The molecule has 0 fully saturated rings. The van der Waals surface area contributed by atoms with Crippen molar-refractivity contribution in [1.29, 1.82) is 0 Å². The smallest absolute Gasteiger partial charge is 0.325 e. The molecule has 0 aliphatic heterocycles. The van der Waals surface area contributed by atoms with Crippen LogP contribution >= 0.6 is 23.1 Å². The molecule has 0 unspecified atom stereocenters. The quantitative estimate of drug-likeness (QED) is 0.241. The molecule has 0 spiro atoms. The number of alkyl halides is 3. The van der Waals surface area contributed by atoms with E-state index < -0.39 is 17.6 Å². The number of rotatable bonds is 5. The molecule has 0 saturated heterocycles. The number of thiophene rings is 1. The molecule has 186 valence electrons. The van der Waals surface area contributed by atoms with Gasteiger partial charge in [-0.05, 0) is 68.5 Å². The van der Waals surface area contributed by atoms with E-state index in [9.17, 15) is 22.8 Å². The van der Waals surface area contributed by atoms with E-state index >= 15 is 0 Å². The van der Waals surface area contributed by atoms with Crippen molar-refractivity contribution in [2.45, 2.75) is 43.9 Å². The minimum Gasteiger partial charge on any atom is -0.325 e. The highest BCUT2D eigenvalue weighted by Crippen LogP contribution is 2.35. The molecule has 2 aromatic carbocycles. The number of thioether (sulfide) groups is 1. The average molecular weight is 530 g/mol. The van der Waals surface area contributed by atoms with E-state index in [1.807, 2.05) is 31.2 Å². The van der Waals surface area contributed by atoms with Gasteiger partial charge in [0, 0.05) is 10.6 Å². The van der Waals surface area contributed by atoms with Crippen molar-refractivity contribution in [2.24, 2.45) is 0 Å². The van der Waals surface area contributed by atoms with Crippen LogP contribution in [0.25, 0.3) is 15.9 Å². The Bertz CT molecular complexity index is 1510. The van der Waals surface area contributed by atoms with Crippen LogP contribution in [0.2, 0.25) is 0 Å². The number of hydrogen-bond donors (Lipinski definition) is 1. The van der Waals surface area contributed by atoms with E-state index in [2.05, 4.69) is 5.32 Å². The fourth-order valence-corrected chi connectivity index (χ4v) is 6.42. The first-order valence-corrected chi connectivity index (χ1v) is 13.2. The molecule has 36 heavy (non-hydrogen) atoms. The molecular weight excluding hydrogens is 507 g/mol. The van der Waals surface area contributed by atoms with E-state index in [1.165, 1.54) is 32.9 Å². The topological polar surface area (TPSA) is 64.0 Å². The monoisotopic (exact) mass is 529 g/mol. The SMILES string of the molecule is Cc1ccc(-n2c(SCC(=O)Nc3cccc(C(F)(F)F)c3)nc3sc4c(c3c2=O)CCCC4)cc1. The maximum atomic E-state index is 13.7. The average Bonchev–Trinajstić information content (AvgIpc) is 3.22. The van der Waals surface area contributed by atoms with E-state index in [1.54, 1.807) is 0 Å². The molecule has 1 amide bonds. The first kappa shape index (κ1) is 24.6. The number of carbonyl (C=O) groups is 1. The van der Waals surface area contributed by atoms with Gasteiger partial charge in [-0.25, -0.2) is 4.98 Å². The molecule has 1 aliphatic carbocycles. The summed E-state index contributed by atoms with van der Waals surface area (Å²) in [6.07, 6.45) is -0.592. The zero-order valence-electron chi connectivity index (χ0n) is 19.3. The lowest BCUT2D eigenvalue weighted by Gasteiger charge is -2.14. The second kappa shape index (κ2) is 9.74. The molecule has 1 N–H and O–H groups in total. The van der Waals surface area contributed by atoms with Crippen molar-refractivity contribution in [1.82, 2.24) is 9.55 Å². The summed E-state index contributed by atoms with van der Waals surface area (Å²) in [6, 6.07) is 12.0. The van der Waals surface area contributed by atoms with E-state index in [0.717, 1.165) is 60.7 Å². The number of amides is 1. The summed E-state index contributed by atoms with van der Waals surface area (Å²) in [7, 11) is 0. The highest BCUT2D eigenvalue weighted by Gasteiger charge is 2.30. The normalized spacial score (nSPS) is 13.6. The molecule has 0 saturated carbocycles. The van der Waals surface area contributed by atoms with Gasteiger partial charge in [-0.2, -0.15) is 13.2 Å². The second-order valence-electron chi connectivity index (χ2n) is 8.68. The van der Waals surface area contributed by atoms with Crippen molar-refractivity contribution in [3.8, 4) is 5.69 Å². The van der Waals surface area contributed by atoms with Crippen molar-refractivity contribution < 1.29 is 18.0 Å². The molecule has 10 heteroatoms. The van der Waals surface area contributed by atoms with Gasteiger partial charge in [0.2, 0.25) is 5.91 Å². The fraction of sp³-hybridized carbons (Fsp3) is 0.269. The van der Waals surface area contributed by atoms with Crippen LogP contribution in [0.4, 0.5) is 18.9 Å². The molecule has 4 aromatic rings. The first-order valence-electron chi connectivity index (χ1n) is 11.4. The fourth-order valence-electron chi connectivity index (χ4n) is 4.31. The lowest BCUT2D eigenvalue weighted by molar-refractivity contribution is -0.137. The highest BCUT2D eigenvalue weighted by atomic mass is 32.2. The van der Waals surface area contributed by atoms with Crippen molar-refractivity contribution in [2.75, 3.05) is 11.1 Å². The lowest BCUT2D eigenvalue weighted by Crippen LogP contribution is -2.23. The summed E-state index contributed by atoms with van der Waals surface area (Å²) in [6.45, 7) is 1.96. The van der Waals surface area contributed by atoms with Crippen LogP contribution in [-0.4, -0.2) is 21.2 Å². The Labute approximate surface area is 213 Å². The molecule has 1 aliphatic rings. The summed E-state index contributed by atoms with van der Waals surface area (Å²) in [5.41, 5.74) is 1.83. The molecule has 0 bridgehead atoms. The van der Waals surface area contributed by atoms with Gasteiger partial charge in [0.15, 0.2) is 5.16 Å². The van der Waals surface area contributed by atoms with Crippen LogP contribution in [-0.2, 0) is 23.8 Å². The highest BCUT2D eigenvalue weighted by molar-refractivity contribution is 7.99. The van der Waals surface area contributed by atoms with Gasteiger partial charge in [0.05, 0.1) is 22.4 Å². The summed E-state index contributed by atoms with van der Waals surface area (Å²) >= 11 is 2.61. The summed E-state index contributed by atoms with van der Waals surface area (Å²) in [4.78, 5) is 33.0. The number of aryl methyl sites for hydroxylation is 3. The minimum atomic E-state index is -4.50. The number of hydrogen-bond acceptors (Lipinski definition) is 5. The van der Waals surface area contributed by atoms with E-state index in [-0.39, 0.29) is 17.0 Å². The Morgan fingerprint density at radius 2 is 1.89 bits per heavy atom. The largest absolute Gasteiger partial charge is 0.416 e. The molecule has 5 rings (SSSR count).